The van der Waals surface area contributed by atoms with Gasteiger partial charge in [-0.3, -0.25) is 4.79 Å². The summed E-state index contributed by atoms with van der Waals surface area (Å²) in [6.07, 6.45) is 3.83. The zero-order chi connectivity index (χ0) is 11.1. The number of nitrogens with zero attached hydrogens (tertiary/aromatic N) is 2. The molecule has 86 valence electrons. The van der Waals surface area contributed by atoms with E-state index in [1.54, 1.807) is 0 Å². The molecule has 1 fully saturated rings. The second-order valence-electron chi connectivity index (χ2n) is 3.84. The largest absolute Gasteiger partial charge is 0.410 e. The van der Waals surface area contributed by atoms with E-state index in [0.29, 0.717) is 6.54 Å². The Morgan fingerprint density at radius 2 is 2.07 bits per heavy atom. The van der Waals surface area contributed by atoms with Gasteiger partial charge in [-0.1, -0.05) is 11.6 Å². The van der Waals surface area contributed by atoms with Crippen LogP contribution in [0.2, 0.25) is 0 Å². The van der Waals surface area contributed by atoms with Crippen molar-refractivity contribution in [3.8, 4) is 0 Å². The van der Waals surface area contributed by atoms with Gasteiger partial charge in [0, 0.05) is 13.1 Å². The second kappa shape index (κ2) is 6.40. The number of rotatable bonds is 4. The molecule has 0 aromatic carbocycles. The Hall–Kier alpha value is -1.10. The fraction of sp³-hybridized carbons (Fsp3) is 0.800. The van der Waals surface area contributed by atoms with Crippen LogP contribution in [-0.2, 0) is 4.79 Å². The van der Waals surface area contributed by atoms with E-state index in [0.717, 1.165) is 19.6 Å². The molecule has 1 heterocycles. The molecule has 1 aliphatic heterocycles. The molecule has 0 saturated carbocycles. The van der Waals surface area contributed by atoms with Crippen LogP contribution >= 0.6 is 0 Å². The van der Waals surface area contributed by atoms with E-state index < -0.39 is 0 Å². The zero-order valence-corrected chi connectivity index (χ0v) is 9.20. The van der Waals surface area contributed by atoms with Gasteiger partial charge in [-0.15, -0.1) is 0 Å². The SMILES string of the molecule is C/C(=N\O)C(=O)NCCN1CCCCC1. The Bertz CT molecular complexity index is 235. The molecule has 0 aromatic rings. The Kier molecular flexibility index (Phi) is 5.10. The molecule has 1 rings (SSSR count). The van der Waals surface area contributed by atoms with Crippen LogP contribution in [0, 0.1) is 0 Å². The van der Waals surface area contributed by atoms with Gasteiger partial charge in [-0.2, -0.15) is 0 Å². The topological polar surface area (TPSA) is 64.9 Å². The molecule has 0 spiro atoms. The van der Waals surface area contributed by atoms with Crippen LogP contribution in [0.3, 0.4) is 0 Å². The summed E-state index contributed by atoms with van der Waals surface area (Å²) in [5, 5.41) is 13.9. The van der Waals surface area contributed by atoms with Crippen molar-refractivity contribution in [3.63, 3.8) is 0 Å². The minimum absolute atomic E-state index is 0.105. The normalized spacial score (nSPS) is 18.9. The first-order chi connectivity index (χ1) is 7.24. The summed E-state index contributed by atoms with van der Waals surface area (Å²) in [4.78, 5) is 13.5. The standard InChI is InChI=1S/C10H19N3O2/c1-9(12-15)10(14)11-5-8-13-6-3-2-4-7-13/h15H,2-8H2,1H3,(H,11,14)/b12-9+. The molecule has 2 N–H and O–H groups in total. The molecule has 1 saturated heterocycles. The van der Waals surface area contributed by atoms with Crippen molar-refractivity contribution in [3.05, 3.63) is 0 Å². The minimum atomic E-state index is -0.297. The van der Waals surface area contributed by atoms with Gasteiger partial charge in [-0.25, -0.2) is 0 Å². The monoisotopic (exact) mass is 213 g/mol. The lowest BCUT2D eigenvalue weighted by Gasteiger charge is -2.26. The van der Waals surface area contributed by atoms with Crippen LogP contribution in [0.5, 0.6) is 0 Å². The maximum absolute atomic E-state index is 11.2. The van der Waals surface area contributed by atoms with Gasteiger partial charge >= 0.3 is 0 Å². The maximum atomic E-state index is 11.2. The van der Waals surface area contributed by atoms with Crippen molar-refractivity contribution >= 4 is 11.6 Å². The summed E-state index contributed by atoms with van der Waals surface area (Å²) in [7, 11) is 0. The molecule has 5 heteroatoms. The van der Waals surface area contributed by atoms with Gasteiger partial charge in [0.05, 0.1) is 0 Å². The number of carbonyl (C=O) groups excluding carboxylic acids is 1. The lowest BCUT2D eigenvalue weighted by molar-refractivity contribution is -0.115. The van der Waals surface area contributed by atoms with Crippen molar-refractivity contribution in [2.45, 2.75) is 26.2 Å². The fourth-order valence-corrected chi connectivity index (χ4v) is 1.68. The van der Waals surface area contributed by atoms with Gasteiger partial charge in [0.15, 0.2) is 0 Å². The molecule has 0 radical (unpaired) electrons. The quantitative estimate of drug-likeness (QED) is 0.404. The lowest BCUT2D eigenvalue weighted by Crippen LogP contribution is -2.39. The number of carbonyl (C=O) groups is 1. The summed E-state index contributed by atoms with van der Waals surface area (Å²) < 4.78 is 0. The summed E-state index contributed by atoms with van der Waals surface area (Å²) in [6.45, 7) is 5.23. The predicted octanol–water partition coefficient (Wildman–Crippen LogP) is 0.439. The van der Waals surface area contributed by atoms with Crippen molar-refractivity contribution in [2.24, 2.45) is 5.16 Å². The molecule has 5 nitrogen and oxygen atoms in total. The average molecular weight is 213 g/mol. The van der Waals surface area contributed by atoms with Gasteiger partial charge in [0.2, 0.25) is 0 Å². The average Bonchev–Trinajstić information content (AvgIpc) is 2.29. The third kappa shape index (κ3) is 4.29. The molecular weight excluding hydrogens is 194 g/mol. The first-order valence-corrected chi connectivity index (χ1v) is 5.43. The summed E-state index contributed by atoms with van der Waals surface area (Å²) in [5.41, 5.74) is 0.105. The number of nitrogens with one attached hydrogen (secondary N) is 1. The third-order valence-corrected chi connectivity index (χ3v) is 2.64. The summed E-state index contributed by atoms with van der Waals surface area (Å²) in [6, 6.07) is 0. The molecule has 0 aromatic heterocycles. The van der Waals surface area contributed by atoms with Crippen molar-refractivity contribution in [1.82, 2.24) is 10.2 Å². The number of oxime groups is 1. The van der Waals surface area contributed by atoms with Crippen molar-refractivity contribution in [1.29, 1.82) is 0 Å². The van der Waals surface area contributed by atoms with Crippen LogP contribution in [-0.4, -0.2) is 47.9 Å². The van der Waals surface area contributed by atoms with Gasteiger partial charge < -0.3 is 15.4 Å². The number of hydrogen-bond acceptors (Lipinski definition) is 4. The molecule has 0 unspecified atom stereocenters. The highest BCUT2D eigenvalue weighted by Gasteiger charge is 2.10. The second-order valence-corrected chi connectivity index (χ2v) is 3.84. The minimum Gasteiger partial charge on any atom is -0.410 e. The van der Waals surface area contributed by atoms with Crippen LogP contribution in [0.4, 0.5) is 0 Å². The molecule has 1 aliphatic rings. The lowest BCUT2D eigenvalue weighted by atomic mass is 10.1. The Morgan fingerprint density at radius 1 is 1.40 bits per heavy atom. The predicted molar refractivity (Wildman–Crippen MR) is 58.2 cm³/mol. The fourth-order valence-electron chi connectivity index (χ4n) is 1.68. The number of piperidine rings is 1. The molecule has 0 aliphatic carbocycles. The van der Waals surface area contributed by atoms with E-state index in [2.05, 4.69) is 15.4 Å². The molecule has 15 heavy (non-hydrogen) atoms. The van der Waals surface area contributed by atoms with Crippen LogP contribution in [0.15, 0.2) is 5.16 Å². The van der Waals surface area contributed by atoms with Gasteiger partial charge in [0.1, 0.15) is 5.71 Å². The Balaban J connectivity index is 2.12. The smallest absolute Gasteiger partial charge is 0.268 e. The van der Waals surface area contributed by atoms with E-state index in [-0.39, 0.29) is 11.6 Å². The van der Waals surface area contributed by atoms with E-state index in [9.17, 15) is 4.79 Å². The van der Waals surface area contributed by atoms with Crippen LogP contribution in [0.1, 0.15) is 26.2 Å². The molecule has 0 bridgehead atoms. The first kappa shape index (κ1) is 12.0. The molecular formula is C10H19N3O2. The number of likely N-dealkylation sites (tertiary alicyclic amines) is 1. The van der Waals surface area contributed by atoms with Gasteiger partial charge in [-0.05, 0) is 32.9 Å². The van der Waals surface area contributed by atoms with Crippen molar-refractivity contribution < 1.29 is 10.0 Å². The molecule has 1 amide bonds. The van der Waals surface area contributed by atoms with Crippen molar-refractivity contribution in [2.75, 3.05) is 26.2 Å². The third-order valence-electron chi connectivity index (χ3n) is 2.64. The summed E-state index contributed by atoms with van der Waals surface area (Å²) >= 11 is 0. The number of amides is 1. The molecule has 0 atom stereocenters. The van der Waals surface area contributed by atoms with E-state index in [4.69, 9.17) is 5.21 Å². The van der Waals surface area contributed by atoms with Gasteiger partial charge in [0.25, 0.3) is 5.91 Å². The Morgan fingerprint density at radius 3 is 2.67 bits per heavy atom. The van der Waals surface area contributed by atoms with E-state index >= 15 is 0 Å². The Labute approximate surface area is 90.1 Å². The highest BCUT2D eigenvalue weighted by atomic mass is 16.4. The number of hydrogen-bond donors (Lipinski definition) is 2. The zero-order valence-electron chi connectivity index (χ0n) is 9.20. The highest BCUT2D eigenvalue weighted by molar-refractivity contribution is 6.37. The summed E-state index contributed by atoms with van der Waals surface area (Å²) in [5.74, 6) is -0.297. The van der Waals surface area contributed by atoms with E-state index in [1.807, 2.05) is 0 Å². The van der Waals surface area contributed by atoms with Crippen LogP contribution in [0.25, 0.3) is 0 Å². The van der Waals surface area contributed by atoms with Crippen LogP contribution < -0.4 is 5.32 Å². The first-order valence-electron chi connectivity index (χ1n) is 5.43. The van der Waals surface area contributed by atoms with E-state index in [1.165, 1.54) is 26.2 Å². The maximum Gasteiger partial charge on any atom is 0.268 e. The highest BCUT2D eigenvalue weighted by Crippen LogP contribution is 2.07.